The highest BCUT2D eigenvalue weighted by Crippen LogP contribution is 2.38. The van der Waals surface area contributed by atoms with E-state index in [4.69, 9.17) is 22.2 Å². The number of aromatic nitrogens is 2. The molecule has 1 aromatic carbocycles. The second-order valence-electron chi connectivity index (χ2n) is 5.08. The van der Waals surface area contributed by atoms with Gasteiger partial charge in [-0.25, -0.2) is 5.43 Å². The Labute approximate surface area is 129 Å². The number of benzene rings is 1. The summed E-state index contributed by atoms with van der Waals surface area (Å²) in [5, 5.41) is 4.89. The predicted molar refractivity (Wildman–Crippen MR) is 81.8 cm³/mol. The molecule has 1 aliphatic heterocycles. The average molecular weight is 307 g/mol. The summed E-state index contributed by atoms with van der Waals surface area (Å²) in [5.74, 6) is 5.81. The molecule has 0 aliphatic carbocycles. The lowest BCUT2D eigenvalue weighted by Gasteiger charge is -2.32. The zero-order valence-electron chi connectivity index (χ0n) is 11.9. The molecule has 0 saturated heterocycles. The van der Waals surface area contributed by atoms with Gasteiger partial charge in [-0.15, -0.1) is 0 Å². The van der Waals surface area contributed by atoms with Crippen molar-refractivity contribution in [1.29, 1.82) is 0 Å². The Kier molecular flexibility index (Phi) is 4.26. The van der Waals surface area contributed by atoms with Crippen molar-refractivity contribution in [3.8, 4) is 0 Å². The Morgan fingerprint density at radius 1 is 1.52 bits per heavy atom. The minimum Gasteiger partial charge on any atom is -0.371 e. The summed E-state index contributed by atoms with van der Waals surface area (Å²) in [7, 11) is 0. The number of ether oxygens (including phenoxy) is 1. The molecule has 0 bridgehead atoms. The number of aryl methyl sites for hydroxylation is 1. The fourth-order valence-corrected chi connectivity index (χ4v) is 3.20. The molecular weight excluding hydrogens is 288 g/mol. The Bertz CT molecular complexity index is 628. The molecule has 2 atom stereocenters. The van der Waals surface area contributed by atoms with Gasteiger partial charge in [0, 0.05) is 6.54 Å². The third-order valence-electron chi connectivity index (χ3n) is 3.94. The van der Waals surface area contributed by atoms with E-state index in [1.165, 1.54) is 5.56 Å². The van der Waals surface area contributed by atoms with Gasteiger partial charge in [0.05, 0.1) is 29.6 Å². The van der Waals surface area contributed by atoms with Crippen LogP contribution in [0.25, 0.3) is 0 Å². The Morgan fingerprint density at radius 3 is 3.10 bits per heavy atom. The van der Waals surface area contributed by atoms with E-state index in [0.29, 0.717) is 11.6 Å². The van der Waals surface area contributed by atoms with Gasteiger partial charge in [0.15, 0.2) is 0 Å². The maximum Gasteiger partial charge on any atom is 0.105 e. The van der Waals surface area contributed by atoms with E-state index < -0.39 is 0 Å². The molecule has 2 heterocycles. The molecule has 0 fully saturated rings. The van der Waals surface area contributed by atoms with Crippen LogP contribution in [0, 0.1) is 0 Å². The highest BCUT2D eigenvalue weighted by atomic mass is 35.5. The molecular formula is C15H19ClN4O. The smallest absolute Gasteiger partial charge is 0.105 e. The van der Waals surface area contributed by atoms with Crippen LogP contribution in [0.2, 0.25) is 5.02 Å². The fraction of sp³-hybridized carbons (Fsp3) is 0.400. The van der Waals surface area contributed by atoms with Crippen molar-refractivity contribution >= 4 is 11.6 Å². The van der Waals surface area contributed by atoms with Gasteiger partial charge in [-0.05, 0) is 24.5 Å². The molecule has 6 heteroatoms. The molecule has 5 nitrogen and oxygen atoms in total. The number of hydrogen-bond acceptors (Lipinski definition) is 4. The van der Waals surface area contributed by atoms with Crippen LogP contribution in [-0.2, 0) is 17.7 Å². The van der Waals surface area contributed by atoms with Gasteiger partial charge in [0.25, 0.3) is 0 Å². The van der Waals surface area contributed by atoms with E-state index in [1.807, 2.05) is 17.7 Å². The standard InChI is InChI=1S/C15H19ClN4O/c1-2-20-14(12(16)9-18-20)13(19-17)15-11-6-4-3-5-10(11)7-8-21-15/h3-6,9,13,15,19H,2,7-8,17H2,1H3. The van der Waals surface area contributed by atoms with E-state index in [0.717, 1.165) is 24.2 Å². The molecule has 1 aliphatic rings. The summed E-state index contributed by atoms with van der Waals surface area (Å²) >= 11 is 6.31. The Hall–Kier alpha value is -1.40. The first-order valence-electron chi connectivity index (χ1n) is 7.13. The molecule has 0 saturated carbocycles. The SMILES string of the molecule is CCn1ncc(Cl)c1C(NN)C1OCCc2ccccc21. The highest BCUT2D eigenvalue weighted by Gasteiger charge is 2.32. The number of nitrogens with two attached hydrogens (primary N) is 1. The molecule has 21 heavy (non-hydrogen) atoms. The summed E-state index contributed by atoms with van der Waals surface area (Å²) in [6.07, 6.45) is 2.41. The first-order valence-corrected chi connectivity index (χ1v) is 7.50. The molecule has 0 radical (unpaired) electrons. The van der Waals surface area contributed by atoms with Crippen LogP contribution in [-0.4, -0.2) is 16.4 Å². The number of hydrogen-bond donors (Lipinski definition) is 2. The summed E-state index contributed by atoms with van der Waals surface area (Å²) < 4.78 is 7.85. The molecule has 112 valence electrons. The third kappa shape index (κ3) is 2.58. The lowest BCUT2D eigenvalue weighted by Crippen LogP contribution is -2.37. The summed E-state index contributed by atoms with van der Waals surface area (Å²) in [4.78, 5) is 0. The van der Waals surface area contributed by atoms with Crippen molar-refractivity contribution in [3.63, 3.8) is 0 Å². The van der Waals surface area contributed by atoms with Gasteiger partial charge in [0.2, 0.25) is 0 Å². The average Bonchev–Trinajstić information content (AvgIpc) is 2.90. The quantitative estimate of drug-likeness (QED) is 0.672. The molecule has 3 N–H and O–H groups in total. The minimum absolute atomic E-state index is 0.167. The zero-order chi connectivity index (χ0) is 14.8. The zero-order valence-corrected chi connectivity index (χ0v) is 12.7. The Morgan fingerprint density at radius 2 is 2.33 bits per heavy atom. The summed E-state index contributed by atoms with van der Waals surface area (Å²) in [5.41, 5.74) is 6.18. The largest absolute Gasteiger partial charge is 0.371 e. The van der Waals surface area contributed by atoms with Crippen LogP contribution in [0.1, 0.15) is 35.9 Å². The first-order chi connectivity index (χ1) is 10.3. The highest BCUT2D eigenvalue weighted by molar-refractivity contribution is 6.31. The van der Waals surface area contributed by atoms with Gasteiger partial charge in [0.1, 0.15) is 6.10 Å². The summed E-state index contributed by atoms with van der Waals surface area (Å²) in [6, 6.07) is 8.06. The van der Waals surface area contributed by atoms with Crippen molar-refractivity contribution in [2.45, 2.75) is 32.0 Å². The van der Waals surface area contributed by atoms with Gasteiger partial charge in [-0.2, -0.15) is 5.10 Å². The second kappa shape index (κ2) is 6.15. The molecule has 1 aromatic heterocycles. The molecule has 0 spiro atoms. The second-order valence-corrected chi connectivity index (χ2v) is 5.49. The molecule has 2 aromatic rings. The van der Waals surface area contributed by atoms with Crippen molar-refractivity contribution < 1.29 is 4.74 Å². The van der Waals surface area contributed by atoms with Crippen LogP contribution in [0.4, 0.5) is 0 Å². The van der Waals surface area contributed by atoms with Crippen molar-refractivity contribution in [3.05, 3.63) is 52.3 Å². The van der Waals surface area contributed by atoms with E-state index in [1.54, 1.807) is 6.20 Å². The maximum absolute atomic E-state index is 6.31. The Balaban J connectivity index is 2.03. The van der Waals surface area contributed by atoms with Crippen molar-refractivity contribution in [1.82, 2.24) is 15.2 Å². The lowest BCUT2D eigenvalue weighted by atomic mass is 9.92. The topological polar surface area (TPSA) is 65.1 Å². The van der Waals surface area contributed by atoms with Crippen molar-refractivity contribution in [2.24, 2.45) is 5.84 Å². The van der Waals surface area contributed by atoms with Crippen LogP contribution in [0.15, 0.2) is 30.5 Å². The van der Waals surface area contributed by atoms with Crippen LogP contribution < -0.4 is 11.3 Å². The number of halogens is 1. The minimum atomic E-state index is -0.235. The number of nitrogens with one attached hydrogen (secondary N) is 1. The monoisotopic (exact) mass is 306 g/mol. The number of hydrazine groups is 1. The maximum atomic E-state index is 6.31. The van der Waals surface area contributed by atoms with E-state index in [-0.39, 0.29) is 12.1 Å². The van der Waals surface area contributed by atoms with Crippen LogP contribution in [0.5, 0.6) is 0 Å². The van der Waals surface area contributed by atoms with E-state index in [2.05, 4.69) is 28.7 Å². The number of fused-ring (bicyclic) bond motifs is 1. The normalized spacial score (nSPS) is 19.3. The number of rotatable bonds is 4. The van der Waals surface area contributed by atoms with Crippen molar-refractivity contribution in [2.75, 3.05) is 6.61 Å². The summed E-state index contributed by atoms with van der Waals surface area (Å²) in [6.45, 7) is 3.43. The first kappa shape index (κ1) is 14.5. The third-order valence-corrected chi connectivity index (χ3v) is 4.23. The van der Waals surface area contributed by atoms with E-state index in [9.17, 15) is 0 Å². The lowest BCUT2D eigenvalue weighted by molar-refractivity contribution is 0.0126. The van der Waals surface area contributed by atoms with Crippen LogP contribution >= 0.6 is 11.6 Å². The van der Waals surface area contributed by atoms with Gasteiger partial charge in [-0.1, -0.05) is 35.9 Å². The van der Waals surface area contributed by atoms with Crippen LogP contribution in [0.3, 0.4) is 0 Å². The molecule has 3 rings (SSSR count). The fourth-order valence-electron chi connectivity index (χ4n) is 2.94. The molecule has 0 amide bonds. The van der Waals surface area contributed by atoms with E-state index >= 15 is 0 Å². The molecule has 2 unspecified atom stereocenters. The van der Waals surface area contributed by atoms with Gasteiger partial charge < -0.3 is 4.74 Å². The van der Waals surface area contributed by atoms with Gasteiger partial charge >= 0.3 is 0 Å². The number of nitrogens with zero attached hydrogens (tertiary/aromatic N) is 2. The van der Waals surface area contributed by atoms with Gasteiger partial charge in [-0.3, -0.25) is 10.5 Å². The predicted octanol–water partition coefficient (Wildman–Crippen LogP) is 2.37.